The summed E-state index contributed by atoms with van der Waals surface area (Å²) in [5, 5.41) is 10.8. The quantitative estimate of drug-likeness (QED) is 0.755. The fourth-order valence-corrected chi connectivity index (χ4v) is 2.92. The van der Waals surface area contributed by atoms with Gasteiger partial charge in [-0.05, 0) is 31.2 Å². The van der Waals surface area contributed by atoms with E-state index in [4.69, 9.17) is 4.74 Å². The number of H-pyrrole nitrogens is 1. The average Bonchev–Trinajstić information content (AvgIpc) is 3.21. The molecule has 118 valence electrons. The second kappa shape index (κ2) is 6.62. The Hall–Kier alpha value is -2.67. The molecule has 0 unspecified atom stereocenters. The van der Waals surface area contributed by atoms with Gasteiger partial charge in [-0.3, -0.25) is 9.89 Å². The number of aromatic amines is 1. The number of carbonyl (C=O) groups excluding carboxylic acids is 1. The number of aryl methyl sites for hydroxylation is 1. The number of benzene rings is 1. The first-order valence-corrected chi connectivity index (χ1v) is 7.86. The summed E-state index contributed by atoms with van der Waals surface area (Å²) in [5.41, 5.74) is 2.07. The minimum absolute atomic E-state index is 0.171. The third-order valence-electron chi connectivity index (χ3n) is 3.35. The molecule has 23 heavy (non-hydrogen) atoms. The molecule has 6 nitrogen and oxygen atoms in total. The van der Waals surface area contributed by atoms with Crippen molar-refractivity contribution in [2.24, 2.45) is 0 Å². The number of nitrogens with zero attached hydrogens (tertiary/aromatic N) is 2. The Morgan fingerprint density at radius 3 is 2.74 bits per heavy atom. The van der Waals surface area contributed by atoms with Crippen LogP contribution < -0.4 is 10.1 Å². The maximum Gasteiger partial charge on any atom is 0.255 e. The number of amides is 1. The molecule has 2 aromatic heterocycles. The largest absolute Gasteiger partial charge is 0.497 e. The lowest BCUT2D eigenvalue weighted by atomic mass is 10.1. The highest BCUT2D eigenvalue weighted by atomic mass is 32.1. The molecule has 0 spiro atoms. The van der Waals surface area contributed by atoms with Crippen molar-refractivity contribution in [3.63, 3.8) is 0 Å². The molecule has 0 aliphatic rings. The summed E-state index contributed by atoms with van der Waals surface area (Å²) < 4.78 is 5.14. The van der Waals surface area contributed by atoms with Crippen LogP contribution >= 0.6 is 11.3 Å². The summed E-state index contributed by atoms with van der Waals surface area (Å²) >= 11 is 1.57. The van der Waals surface area contributed by atoms with E-state index in [1.807, 2.05) is 31.2 Å². The Labute approximate surface area is 137 Å². The predicted molar refractivity (Wildman–Crippen MR) is 88.6 cm³/mol. The number of methoxy groups -OCH3 is 1. The summed E-state index contributed by atoms with van der Waals surface area (Å²) in [5.74, 6) is 0.593. The van der Waals surface area contributed by atoms with Crippen LogP contribution in [0.25, 0.3) is 11.3 Å². The zero-order chi connectivity index (χ0) is 16.2. The van der Waals surface area contributed by atoms with E-state index in [0.717, 1.165) is 21.2 Å². The van der Waals surface area contributed by atoms with Gasteiger partial charge in [0.2, 0.25) is 0 Å². The SMILES string of the molecule is COc1ccc(-c2[nH]ncc2C(=O)NCc2cnc(C)s2)cc1. The number of aromatic nitrogens is 3. The van der Waals surface area contributed by atoms with Crippen LogP contribution in [0, 0.1) is 6.92 Å². The number of hydrogen-bond acceptors (Lipinski definition) is 5. The Balaban J connectivity index is 1.75. The van der Waals surface area contributed by atoms with E-state index in [2.05, 4.69) is 20.5 Å². The topological polar surface area (TPSA) is 79.9 Å². The number of rotatable bonds is 5. The molecule has 3 aromatic rings. The number of carbonyl (C=O) groups is 1. The molecule has 1 aromatic carbocycles. The Morgan fingerprint density at radius 2 is 2.09 bits per heavy atom. The van der Waals surface area contributed by atoms with E-state index in [-0.39, 0.29) is 5.91 Å². The second-order valence-corrected chi connectivity index (χ2v) is 6.23. The first kappa shape index (κ1) is 15.2. The zero-order valence-electron chi connectivity index (χ0n) is 12.8. The fourth-order valence-electron chi connectivity index (χ4n) is 2.19. The molecule has 1 amide bonds. The minimum atomic E-state index is -0.171. The van der Waals surface area contributed by atoms with Gasteiger partial charge in [0.15, 0.2) is 0 Å². The highest BCUT2D eigenvalue weighted by Crippen LogP contribution is 2.23. The van der Waals surface area contributed by atoms with Crippen LogP contribution in [0.1, 0.15) is 20.2 Å². The smallest absolute Gasteiger partial charge is 0.255 e. The number of hydrogen-bond donors (Lipinski definition) is 2. The van der Waals surface area contributed by atoms with Crippen LogP contribution in [0.15, 0.2) is 36.7 Å². The summed E-state index contributed by atoms with van der Waals surface area (Å²) in [6.45, 7) is 2.39. The van der Waals surface area contributed by atoms with Crippen molar-refractivity contribution in [3.8, 4) is 17.0 Å². The molecular weight excluding hydrogens is 312 g/mol. The molecule has 0 aliphatic heterocycles. The van der Waals surface area contributed by atoms with Gasteiger partial charge in [-0.15, -0.1) is 11.3 Å². The molecule has 0 bridgehead atoms. The summed E-state index contributed by atoms with van der Waals surface area (Å²) in [4.78, 5) is 17.6. The Bertz CT molecular complexity index is 808. The van der Waals surface area contributed by atoms with Gasteiger partial charge in [0, 0.05) is 16.6 Å². The van der Waals surface area contributed by atoms with Crippen LogP contribution in [0.4, 0.5) is 0 Å². The van der Waals surface area contributed by atoms with Crippen molar-refractivity contribution in [3.05, 3.63) is 52.1 Å². The number of nitrogens with one attached hydrogen (secondary N) is 2. The lowest BCUT2D eigenvalue weighted by Crippen LogP contribution is -2.22. The van der Waals surface area contributed by atoms with E-state index >= 15 is 0 Å². The fraction of sp³-hybridized carbons (Fsp3) is 0.188. The van der Waals surface area contributed by atoms with Crippen molar-refractivity contribution >= 4 is 17.2 Å². The molecule has 0 saturated carbocycles. The van der Waals surface area contributed by atoms with Crippen LogP contribution in [-0.4, -0.2) is 28.2 Å². The van der Waals surface area contributed by atoms with Gasteiger partial charge in [0.25, 0.3) is 5.91 Å². The van der Waals surface area contributed by atoms with Gasteiger partial charge in [-0.2, -0.15) is 5.10 Å². The monoisotopic (exact) mass is 328 g/mol. The zero-order valence-corrected chi connectivity index (χ0v) is 13.6. The molecular formula is C16H16N4O2S. The maximum absolute atomic E-state index is 12.4. The van der Waals surface area contributed by atoms with Crippen LogP contribution in [0.2, 0.25) is 0 Å². The molecule has 0 radical (unpaired) electrons. The van der Waals surface area contributed by atoms with Crippen molar-refractivity contribution in [2.45, 2.75) is 13.5 Å². The van der Waals surface area contributed by atoms with E-state index in [1.165, 1.54) is 6.20 Å². The summed E-state index contributed by atoms with van der Waals surface area (Å²) in [6.07, 6.45) is 3.31. The lowest BCUT2D eigenvalue weighted by Gasteiger charge is -2.05. The third kappa shape index (κ3) is 3.40. The van der Waals surface area contributed by atoms with Gasteiger partial charge in [0.1, 0.15) is 5.75 Å². The second-order valence-electron chi connectivity index (χ2n) is 4.92. The Morgan fingerprint density at radius 1 is 1.30 bits per heavy atom. The van der Waals surface area contributed by atoms with Crippen molar-refractivity contribution < 1.29 is 9.53 Å². The van der Waals surface area contributed by atoms with E-state index < -0.39 is 0 Å². The van der Waals surface area contributed by atoms with Crippen molar-refractivity contribution in [1.82, 2.24) is 20.5 Å². The molecule has 3 rings (SSSR count). The highest BCUT2D eigenvalue weighted by molar-refractivity contribution is 7.11. The Kier molecular flexibility index (Phi) is 4.38. The molecule has 7 heteroatoms. The van der Waals surface area contributed by atoms with E-state index in [9.17, 15) is 4.79 Å². The van der Waals surface area contributed by atoms with Crippen molar-refractivity contribution in [1.29, 1.82) is 0 Å². The van der Waals surface area contributed by atoms with Gasteiger partial charge < -0.3 is 10.1 Å². The number of ether oxygens (including phenoxy) is 1. The van der Waals surface area contributed by atoms with Crippen LogP contribution in [0.5, 0.6) is 5.75 Å². The molecule has 2 N–H and O–H groups in total. The molecule has 0 aliphatic carbocycles. The summed E-state index contributed by atoms with van der Waals surface area (Å²) in [7, 11) is 1.62. The van der Waals surface area contributed by atoms with Gasteiger partial charge in [-0.25, -0.2) is 4.98 Å². The van der Waals surface area contributed by atoms with Gasteiger partial charge in [0.05, 0.1) is 36.1 Å². The standard InChI is InChI=1S/C16H16N4O2S/c1-10-17-7-13(23-10)8-18-16(21)14-9-19-20-15(14)11-3-5-12(22-2)6-4-11/h3-7,9H,8H2,1-2H3,(H,18,21)(H,19,20). The lowest BCUT2D eigenvalue weighted by molar-refractivity contribution is 0.0952. The van der Waals surface area contributed by atoms with Crippen molar-refractivity contribution in [2.75, 3.05) is 7.11 Å². The first-order valence-electron chi connectivity index (χ1n) is 7.04. The predicted octanol–water partition coefficient (Wildman–Crippen LogP) is 2.78. The number of thiazole rings is 1. The highest BCUT2D eigenvalue weighted by Gasteiger charge is 2.15. The van der Waals surface area contributed by atoms with E-state index in [0.29, 0.717) is 17.8 Å². The molecule has 0 fully saturated rings. The molecule has 2 heterocycles. The van der Waals surface area contributed by atoms with Gasteiger partial charge >= 0.3 is 0 Å². The van der Waals surface area contributed by atoms with Gasteiger partial charge in [-0.1, -0.05) is 0 Å². The molecule has 0 saturated heterocycles. The molecule has 0 atom stereocenters. The van der Waals surface area contributed by atoms with E-state index in [1.54, 1.807) is 24.6 Å². The maximum atomic E-state index is 12.4. The normalized spacial score (nSPS) is 10.5. The van der Waals surface area contributed by atoms with Crippen LogP contribution in [0.3, 0.4) is 0 Å². The summed E-state index contributed by atoms with van der Waals surface area (Å²) in [6, 6.07) is 7.46. The average molecular weight is 328 g/mol. The third-order valence-corrected chi connectivity index (χ3v) is 4.27. The first-order chi connectivity index (χ1) is 11.2. The minimum Gasteiger partial charge on any atom is -0.497 e. The van der Waals surface area contributed by atoms with Crippen LogP contribution in [-0.2, 0) is 6.54 Å².